The Balaban J connectivity index is 1.40. The summed E-state index contributed by atoms with van der Waals surface area (Å²) < 4.78 is 13.3. The first-order valence-electron chi connectivity index (χ1n) is 10.6. The van der Waals surface area contributed by atoms with Gasteiger partial charge in [0, 0.05) is 22.5 Å². The van der Waals surface area contributed by atoms with Crippen molar-refractivity contribution in [3.05, 3.63) is 107 Å². The van der Waals surface area contributed by atoms with Crippen LogP contribution in [0, 0.1) is 5.82 Å². The Morgan fingerprint density at radius 2 is 1.65 bits per heavy atom. The van der Waals surface area contributed by atoms with Gasteiger partial charge < -0.3 is 0 Å². The number of hydrogen-bond acceptors (Lipinski definition) is 6. The zero-order valence-corrected chi connectivity index (χ0v) is 19.6. The molecule has 0 saturated heterocycles. The third-order valence-electron chi connectivity index (χ3n) is 5.12. The van der Waals surface area contributed by atoms with Crippen molar-refractivity contribution in [1.82, 2.24) is 15.0 Å². The van der Waals surface area contributed by atoms with Crippen LogP contribution in [-0.2, 0) is 17.8 Å². The monoisotopic (exact) mass is 486 g/mol. The highest BCUT2D eigenvalue weighted by Crippen LogP contribution is 2.30. The van der Waals surface area contributed by atoms with Crippen LogP contribution in [-0.4, -0.2) is 20.9 Å². The number of nitrogens with zero attached hydrogens (tertiary/aromatic N) is 4. The Bertz CT molecular complexity index is 1390. The van der Waals surface area contributed by atoms with Crippen LogP contribution in [0.1, 0.15) is 11.3 Å². The van der Waals surface area contributed by atoms with Crippen molar-refractivity contribution in [3.8, 4) is 22.0 Å². The number of amides is 1. The molecule has 2 aromatic carbocycles. The van der Waals surface area contributed by atoms with Crippen LogP contribution >= 0.6 is 22.7 Å². The number of benzene rings is 2. The first-order chi connectivity index (χ1) is 16.7. The van der Waals surface area contributed by atoms with Crippen molar-refractivity contribution in [3.63, 3.8) is 0 Å². The van der Waals surface area contributed by atoms with E-state index in [9.17, 15) is 9.18 Å². The average Bonchev–Trinajstić information content (AvgIpc) is 3.54. The van der Waals surface area contributed by atoms with Crippen molar-refractivity contribution >= 4 is 33.7 Å². The van der Waals surface area contributed by atoms with E-state index in [0.717, 1.165) is 21.8 Å². The number of anilines is 1. The van der Waals surface area contributed by atoms with E-state index in [1.54, 1.807) is 23.2 Å². The normalized spacial score (nSPS) is 10.9. The maximum Gasteiger partial charge on any atom is 0.235 e. The van der Waals surface area contributed by atoms with E-state index in [0.29, 0.717) is 23.1 Å². The molecule has 0 aliphatic rings. The molecule has 1 amide bonds. The molecular formula is C26H19FN4OS2. The molecule has 5 rings (SSSR count). The average molecular weight is 487 g/mol. The molecule has 3 heterocycles. The minimum atomic E-state index is -0.298. The Hall–Kier alpha value is -3.75. The smallest absolute Gasteiger partial charge is 0.235 e. The van der Waals surface area contributed by atoms with Gasteiger partial charge in [-0.15, -0.1) is 22.7 Å². The SMILES string of the molecule is O=C(Cc1csc(-c2ccccn2)n1)N(Cc1ccccc1)c1nc(-c2ccc(F)cc2)cs1. The quantitative estimate of drug-likeness (QED) is 0.273. The van der Waals surface area contributed by atoms with Crippen LogP contribution in [0.3, 0.4) is 0 Å². The van der Waals surface area contributed by atoms with Crippen LogP contribution in [0.2, 0.25) is 0 Å². The van der Waals surface area contributed by atoms with Gasteiger partial charge in [0.25, 0.3) is 0 Å². The number of hydrogen-bond donors (Lipinski definition) is 0. The van der Waals surface area contributed by atoms with Crippen molar-refractivity contribution in [2.75, 3.05) is 4.90 Å². The Morgan fingerprint density at radius 1 is 0.853 bits per heavy atom. The van der Waals surface area contributed by atoms with E-state index < -0.39 is 0 Å². The Labute approximate surface area is 204 Å². The molecular weight excluding hydrogens is 467 g/mol. The summed E-state index contributed by atoms with van der Waals surface area (Å²) in [5.74, 6) is -0.393. The van der Waals surface area contributed by atoms with E-state index in [1.807, 2.05) is 59.3 Å². The lowest BCUT2D eigenvalue weighted by Crippen LogP contribution is -2.31. The molecule has 5 nitrogen and oxygen atoms in total. The van der Waals surface area contributed by atoms with Crippen molar-refractivity contribution in [2.24, 2.45) is 0 Å². The molecule has 0 aliphatic heterocycles. The number of pyridine rings is 1. The first kappa shape index (κ1) is 22.1. The highest BCUT2D eigenvalue weighted by molar-refractivity contribution is 7.14. The second-order valence-corrected chi connectivity index (χ2v) is 9.22. The molecule has 0 aliphatic carbocycles. The maximum atomic E-state index is 13.4. The summed E-state index contributed by atoms with van der Waals surface area (Å²) in [5, 5.41) is 5.16. The summed E-state index contributed by atoms with van der Waals surface area (Å²) in [5.41, 5.74) is 3.99. The fourth-order valence-corrected chi connectivity index (χ4v) is 5.06. The number of rotatable bonds is 7. The summed E-state index contributed by atoms with van der Waals surface area (Å²) in [6.07, 6.45) is 1.88. The second-order valence-electron chi connectivity index (χ2n) is 7.52. The van der Waals surface area contributed by atoms with E-state index in [-0.39, 0.29) is 18.1 Å². The van der Waals surface area contributed by atoms with Gasteiger partial charge in [-0.2, -0.15) is 0 Å². The molecule has 0 atom stereocenters. The summed E-state index contributed by atoms with van der Waals surface area (Å²) >= 11 is 2.86. The van der Waals surface area contributed by atoms with Gasteiger partial charge in [0.2, 0.25) is 5.91 Å². The molecule has 0 saturated carbocycles. The van der Waals surface area contributed by atoms with Crippen LogP contribution < -0.4 is 4.90 Å². The van der Waals surface area contributed by atoms with Gasteiger partial charge in [0.05, 0.1) is 30.0 Å². The zero-order valence-electron chi connectivity index (χ0n) is 18.0. The number of carbonyl (C=O) groups is 1. The van der Waals surface area contributed by atoms with Crippen LogP contribution in [0.5, 0.6) is 0 Å². The van der Waals surface area contributed by atoms with Crippen LogP contribution in [0.4, 0.5) is 9.52 Å². The van der Waals surface area contributed by atoms with Crippen molar-refractivity contribution in [2.45, 2.75) is 13.0 Å². The molecule has 0 spiro atoms. The fraction of sp³-hybridized carbons (Fsp3) is 0.0769. The molecule has 0 bridgehead atoms. The van der Waals surface area contributed by atoms with Gasteiger partial charge in [-0.25, -0.2) is 14.4 Å². The van der Waals surface area contributed by atoms with E-state index in [1.165, 1.54) is 34.8 Å². The molecule has 168 valence electrons. The summed E-state index contributed by atoms with van der Waals surface area (Å²) in [4.78, 5) is 28.8. The van der Waals surface area contributed by atoms with Crippen LogP contribution in [0.25, 0.3) is 22.0 Å². The third kappa shape index (κ3) is 5.08. The van der Waals surface area contributed by atoms with Gasteiger partial charge in [-0.05, 0) is 42.0 Å². The molecule has 0 unspecified atom stereocenters. The molecule has 3 aromatic heterocycles. The number of halogens is 1. The third-order valence-corrected chi connectivity index (χ3v) is 6.89. The lowest BCUT2D eigenvalue weighted by molar-refractivity contribution is -0.118. The topological polar surface area (TPSA) is 59.0 Å². The fourth-order valence-electron chi connectivity index (χ4n) is 3.42. The minimum absolute atomic E-state index is 0.0956. The molecule has 8 heteroatoms. The molecule has 0 N–H and O–H groups in total. The summed E-state index contributed by atoms with van der Waals surface area (Å²) in [6.45, 7) is 0.396. The molecule has 34 heavy (non-hydrogen) atoms. The largest absolute Gasteiger partial charge is 0.283 e. The van der Waals surface area contributed by atoms with E-state index >= 15 is 0 Å². The standard InChI is InChI=1S/C26H19FN4OS2/c27-20-11-9-19(10-12-20)23-17-34-26(30-23)31(15-18-6-2-1-3-7-18)24(32)14-21-16-33-25(29-21)22-8-4-5-13-28-22/h1-13,16-17H,14-15H2. The van der Waals surface area contributed by atoms with Crippen molar-refractivity contribution in [1.29, 1.82) is 0 Å². The lowest BCUT2D eigenvalue weighted by Gasteiger charge is -2.19. The molecule has 5 aromatic rings. The Kier molecular flexibility index (Phi) is 6.51. The highest BCUT2D eigenvalue weighted by atomic mass is 32.1. The summed E-state index contributed by atoms with van der Waals surface area (Å²) in [6, 6.07) is 21.7. The highest BCUT2D eigenvalue weighted by Gasteiger charge is 2.22. The first-order valence-corrected chi connectivity index (χ1v) is 12.3. The van der Waals surface area contributed by atoms with Crippen molar-refractivity contribution < 1.29 is 9.18 Å². The van der Waals surface area contributed by atoms with Gasteiger partial charge in [0.15, 0.2) is 5.13 Å². The minimum Gasteiger partial charge on any atom is -0.283 e. The number of aromatic nitrogens is 3. The zero-order chi connectivity index (χ0) is 23.3. The molecule has 0 fully saturated rings. The van der Waals surface area contributed by atoms with E-state index in [2.05, 4.69) is 9.97 Å². The van der Waals surface area contributed by atoms with E-state index in [4.69, 9.17) is 4.98 Å². The predicted octanol–water partition coefficient (Wildman–Crippen LogP) is 6.24. The predicted molar refractivity (Wildman–Crippen MR) is 134 cm³/mol. The Morgan fingerprint density at radius 3 is 2.41 bits per heavy atom. The second kappa shape index (κ2) is 10.0. The number of carbonyl (C=O) groups excluding carboxylic acids is 1. The van der Waals surface area contributed by atoms with Gasteiger partial charge in [0.1, 0.15) is 10.8 Å². The van der Waals surface area contributed by atoms with Gasteiger partial charge >= 0.3 is 0 Å². The molecule has 0 radical (unpaired) electrons. The number of thiazole rings is 2. The van der Waals surface area contributed by atoms with Gasteiger partial charge in [-0.3, -0.25) is 14.7 Å². The summed E-state index contributed by atoms with van der Waals surface area (Å²) in [7, 11) is 0. The van der Waals surface area contributed by atoms with Gasteiger partial charge in [-0.1, -0.05) is 36.4 Å². The lowest BCUT2D eigenvalue weighted by atomic mass is 10.2. The maximum absolute atomic E-state index is 13.4. The van der Waals surface area contributed by atoms with Crippen LogP contribution in [0.15, 0.2) is 89.8 Å².